The van der Waals surface area contributed by atoms with Gasteiger partial charge in [-0.05, 0) is 32.9 Å². The first-order chi connectivity index (χ1) is 11.8. The first kappa shape index (κ1) is 18.5. The van der Waals surface area contributed by atoms with Crippen LogP contribution >= 0.6 is 0 Å². The van der Waals surface area contributed by atoms with Crippen LogP contribution in [0, 0.1) is 11.3 Å². The van der Waals surface area contributed by atoms with Crippen LogP contribution in [-0.4, -0.2) is 22.6 Å². The summed E-state index contributed by atoms with van der Waals surface area (Å²) in [4.78, 5) is 9.37. The molecule has 1 heterocycles. The lowest BCUT2D eigenvalue weighted by atomic mass is 10.2. The van der Waals surface area contributed by atoms with E-state index >= 15 is 0 Å². The van der Waals surface area contributed by atoms with E-state index in [1.807, 2.05) is 0 Å². The Bertz CT molecular complexity index is 784. The van der Waals surface area contributed by atoms with Crippen LogP contribution in [0.5, 0.6) is 5.88 Å². The normalized spacial score (nSPS) is 11.3. The summed E-state index contributed by atoms with van der Waals surface area (Å²) in [6, 6.07) is 8.80. The average molecular weight is 350 g/mol. The molecule has 1 aromatic heterocycles. The van der Waals surface area contributed by atoms with Gasteiger partial charge in [-0.15, -0.1) is 0 Å². The van der Waals surface area contributed by atoms with Crippen molar-refractivity contribution in [2.75, 3.05) is 11.4 Å². The molecule has 0 aliphatic rings. The fraction of sp³-hybridized carbons (Fsp3) is 0.353. The number of nitrogens with zero attached hydrogens (tertiary/aromatic N) is 4. The smallest absolute Gasteiger partial charge is 0.423 e. The van der Waals surface area contributed by atoms with Crippen molar-refractivity contribution >= 4 is 11.6 Å². The van der Waals surface area contributed by atoms with Gasteiger partial charge in [0.1, 0.15) is 11.6 Å². The largest absolute Gasteiger partial charge is 0.474 e. The number of hydrogen-bond acceptors (Lipinski definition) is 5. The van der Waals surface area contributed by atoms with Crippen LogP contribution in [0.1, 0.15) is 31.9 Å². The topological polar surface area (TPSA) is 62.0 Å². The highest BCUT2D eigenvalue weighted by atomic mass is 19.4. The minimum atomic E-state index is -4.62. The molecule has 2 rings (SSSR count). The summed E-state index contributed by atoms with van der Waals surface area (Å²) in [6.07, 6.45) is -4.40. The number of halogens is 3. The number of ether oxygens (including phenoxy) is 1. The number of anilines is 2. The number of para-hydroxylation sites is 1. The first-order valence-electron chi connectivity index (χ1n) is 7.65. The lowest BCUT2D eigenvalue weighted by molar-refractivity contribution is -0.139. The number of nitriles is 1. The van der Waals surface area contributed by atoms with Gasteiger partial charge in [0.2, 0.25) is 11.8 Å². The number of alkyl halides is 3. The van der Waals surface area contributed by atoms with Crippen molar-refractivity contribution in [3.05, 3.63) is 41.6 Å². The van der Waals surface area contributed by atoms with Gasteiger partial charge in [0.25, 0.3) is 0 Å². The van der Waals surface area contributed by atoms with Crippen molar-refractivity contribution in [2.24, 2.45) is 0 Å². The van der Waals surface area contributed by atoms with E-state index in [1.54, 1.807) is 49.9 Å². The zero-order valence-corrected chi connectivity index (χ0v) is 14.0. The number of rotatable bonds is 5. The Balaban J connectivity index is 2.55. The minimum Gasteiger partial charge on any atom is -0.474 e. The quantitative estimate of drug-likeness (QED) is 0.804. The summed E-state index contributed by atoms with van der Waals surface area (Å²) in [5.74, 6) is -0.491. The van der Waals surface area contributed by atoms with Gasteiger partial charge in [-0.2, -0.15) is 23.4 Å². The van der Waals surface area contributed by atoms with E-state index in [1.165, 1.54) is 0 Å². The minimum absolute atomic E-state index is 0.0360. The molecule has 0 fully saturated rings. The van der Waals surface area contributed by atoms with E-state index in [0.29, 0.717) is 24.0 Å². The molecule has 0 aliphatic carbocycles. The van der Waals surface area contributed by atoms with E-state index in [2.05, 4.69) is 16.0 Å². The molecular weight excluding hydrogens is 333 g/mol. The molecule has 0 saturated heterocycles. The number of hydrogen-bond donors (Lipinski definition) is 0. The third-order valence-electron chi connectivity index (χ3n) is 3.27. The fourth-order valence-corrected chi connectivity index (χ4v) is 2.22. The van der Waals surface area contributed by atoms with E-state index < -0.39 is 23.7 Å². The summed E-state index contributed by atoms with van der Waals surface area (Å²) < 4.78 is 44.7. The zero-order chi connectivity index (χ0) is 18.6. The molecule has 0 aliphatic heterocycles. The highest BCUT2D eigenvalue weighted by Crippen LogP contribution is 2.36. The van der Waals surface area contributed by atoms with Gasteiger partial charge < -0.3 is 9.64 Å². The molecule has 0 N–H and O–H groups in total. The third kappa shape index (κ3) is 4.18. The van der Waals surface area contributed by atoms with Crippen molar-refractivity contribution in [3.8, 4) is 11.9 Å². The molecule has 5 nitrogen and oxygen atoms in total. The van der Waals surface area contributed by atoms with E-state index in [-0.39, 0.29) is 5.95 Å². The Labute approximate surface area is 143 Å². The van der Waals surface area contributed by atoms with Gasteiger partial charge in [0, 0.05) is 12.7 Å². The highest BCUT2D eigenvalue weighted by Gasteiger charge is 2.37. The van der Waals surface area contributed by atoms with Crippen molar-refractivity contribution in [2.45, 2.75) is 33.1 Å². The van der Waals surface area contributed by atoms with Crippen LogP contribution in [0.3, 0.4) is 0 Å². The predicted molar refractivity (Wildman–Crippen MR) is 86.6 cm³/mol. The maximum Gasteiger partial charge on any atom is 0.423 e. The molecule has 0 spiro atoms. The summed E-state index contributed by atoms with van der Waals surface area (Å²) >= 11 is 0. The Morgan fingerprint density at radius 1 is 1.28 bits per heavy atom. The van der Waals surface area contributed by atoms with Crippen LogP contribution in [-0.2, 0) is 6.18 Å². The lowest BCUT2D eigenvalue weighted by Crippen LogP contribution is -2.22. The summed E-state index contributed by atoms with van der Waals surface area (Å²) in [5, 5.41) is 9.24. The second kappa shape index (κ2) is 7.38. The van der Waals surface area contributed by atoms with Crippen LogP contribution in [0.15, 0.2) is 30.5 Å². The summed E-state index contributed by atoms with van der Waals surface area (Å²) in [6.45, 7) is 5.39. The van der Waals surface area contributed by atoms with Gasteiger partial charge in [-0.3, -0.25) is 0 Å². The molecule has 132 valence electrons. The van der Waals surface area contributed by atoms with E-state index in [4.69, 9.17) is 4.74 Å². The molecule has 0 bridgehead atoms. The molecule has 0 saturated carbocycles. The average Bonchev–Trinajstić information content (AvgIpc) is 2.54. The van der Waals surface area contributed by atoms with Gasteiger partial charge in [0.15, 0.2) is 0 Å². The molecule has 1 aromatic carbocycles. The molecule has 0 atom stereocenters. The molecule has 2 aromatic rings. The third-order valence-corrected chi connectivity index (χ3v) is 3.27. The first-order valence-corrected chi connectivity index (χ1v) is 7.65. The highest BCUT2D eigenvalue weighted by molar-refractivity contribution is 5.65. The van der Waals surface area contributed by atoms with E-state index in [9.17, 15) is 18.4 Å². The molecule has 0 unspecified atom stereocenters. The second-order valence-electron chi connectivity index (χ2n) is 5.43. The van der Waals surface area contributed by atoms with Gasteiger partial charge in [-0.25, -0.2) is 4.98 Å². The van der Waals surface area contributed by atoms with Crippen molar-refractivity contribution in [1.82, 2.24) is 9.97 Å². The van der Waals surface area contributed by atoms with Crippen molar-refractivity contribution in [1.29, 1.82) is 5.26 Å². The van der Waals surface area contributed by atoms with Gasteiger partial charge >= 0.3 is 6.18 Å². The van der Waals surface area contributed by atoms with Crippen LogP contribution in [0.4, 0.5) is 24.8 Å². The zero-order valence-electron chi connectivity index (χ0n) is 14.0. The Kier molecular flexibility index (Phi) is 5.47. The van der Waals surface area contributed by atoms with Gasteiger partial charge in [-0.1, -0.05) is 12.1 Å². The molecular formula is C17H17F3N4O. The van der Waals surface area contributed by atoms with Crippen molar-refractivity contribution in [3.63, 3.8) is 0 Å². The monoisotopic (exact) mass is 350 g/mol. The predicted octanol–water partition coefficient (Wildman–Crippen LogP) is 4.31. The fourth-order valence-electron chi connectivity index (χ4n) is 2.22. The van der Waals surface area contributed by atoms with Gasteiger partial charge in [0.05, 0.1) is 17.4 Å². The Morgan fingerprint density at radius 2 is 1.96 bits per heavy atom. The number of aromatic nitrogens is 2. The summed E-state index contributed by atoms with van der Waals surface area (Å²) in [5.41, 5.74) is -0.142. The molecule has 25 heavy (non-hydrogen) atoms. The maximum absolute atomic E-state index is 13.1. The SMILES string of the molecule is CCN(c1ncc(C(F)(F)F)c(OC(C)C)n1)c1ccccc1C#N. The van der Waals surface area contributed by atoms with E-state index in [0.717, 1.165) is 0 Å². The van der Waals surface area contributed by atoms with Crippen LogP contribution < -0.4 is 9.64 Å². The van der Waals surface area contributed by atoms with Crippen LogP contribution in [0.25, 0.3) is 0 Å². The summed E-state index contributed by atoms with van der Waals surface area (Å²) in [7, 11) is 0. The Hall–Kier alpha value is -2.82. The lowest BCUT2D eigenvalue weighted by Gasteiger charge is -2.23. The molecule has 8 heteroatoms. The van der Waals surface area contributed by atoms with Crippen LogP contribution in [0.2, 0.25) is 0 Å². The molecule has 0 radical (unpaired) electrons. The Morgan fingerprint density at radius 3 is 2.52 bits per heavy atom. The number of benzene rings is 1. The molecule has 0 amide bonds. The standard InChI is InChI=1S/C17H17F3N4O/c1-4-24(14-8-6-5-7-12(14)9-21)16-22-10-13(17(18,19)20)15(23-16)25-11(2)3/h5-8,10-11H,4H2,1-3H3. The maximum atomic E-state index is 13.1. The second-order valence-corrected chi connectivity index (χ2v) is 5.43. The van der Waals surface area contributed by atoms with Crippen molar-refractivity contribution < 1.29 is 17.9 Å².